The van der Waals surface area contributed by atoms with Gasteiger partial charge in [0.15, 0.2) is 0 Å². The molecule has 1 unspecified atom stereocenters. The number of nitrogens with one attached hydrogen (secondary N) is 1. The molecule has 15 heavy (non-hydrogen) atoms. The van der Waals surface area contributed by atoms with Crippen LogP contribution in [0.1, 0.15) is 32.6 Å². The van der Waals surface area contributed by atoms with Crippen LogP contribution in [0.15, 0.2) is 0 Å². The molecule has 0 aliphatic carbocycles. The summed E-state index contributed by atoms with van der Waals surface area (Å²) in [6, 6.07) is 0. The Bertz CT molecular complexity index is 243. The maximum Gasteiger partial charge on any atom is 0.233 e. The van der Waals surface area contributed by atoms with Crippen molar-refractivity contribution in [2.45, 2.75) is 32.6 Å². The van der Waals surface area contributed by atoms with E-state index in [-0.39, 0.29) is 17.7 Å². The number of nitrogens with two attached hydrogens (primary N) is 1. The molecule has 2 amide bonds. The summed E-state index contributed by atoms with van der Waals surface area (Å²) in [5.41, 5.74) is 2.08. The van der Waals surface area contributed by atoms with Crippen LogP contribution in [-0.2, 0) is 9.59 Å². The lowest BCUT2D eigenvalue weighted by Gasteiger charge is -2.30. The third-order valence-electron chi connectivity index (χ3n) is 2.79. The number of rotatable bonds is 4. The number of nitrogens with zero attached hydrogens (tertiary/aromatic N) is 1. The van der Waals surface area contributed by atoms with Crippen LogP contribution in [0.5, 0.6) is 0 Å². The van der Waals surface area contributed by atoms with Crippen molar-refractivity contribution in [3.63, 3.8) is 0 Å². The second-order valence-corrected chi connectivity index (χ2v) is 4.04. The highest BCUT2D eigenvalue weighted by atomic mass is 16.2. The first-order valence-corrected chi connectivity index (χ1v) is 5.43. The van der Waals surface area contributed by atoms with Crippen molar-refractivity contribution < 1.29 is 9.59 Å². The number of hydrogen-bond donors (Lipinski definition) is 2. The van der Waals surface area contributed by atoms with E-state index in [4.69, 9.17) is 5.84 Å². The first kappa shape index (κ1) is 12.0. The summed E-state index contributed by atoms with van der Waals surface area (Å²) in [6.07, 6.45) is 3.12. The van der Waals surface area contributed by atoms with Crippen LogP contribution in [0.4, 0.5) is 0 Å². The SMILES string of the molecule is CC1CCCN(CCCC(=O)NN)C1=O. The van der Waals surface area contributed by atoms with E-state index in [1.54, 1.807) is 0 Å². The van der Waals surface area contributed by atoms with E-state index in [1.165, 1.54) is 0 Å². The maximum atomic E-state index is 11.7. The molecule has 0 saturated carbocycles. The minimum atomic E-state index is -0.174. The van der Waals surface area contributed by atoms with Gasteiger partial charge in [0.1, 0.15) is 0 Å². The topological polar surface area (TPSA) is 75.4 Å². The highest BCUT2D eigenvalue weighted by Gasteiger charge is 2.24. The molecule has 0 aromatic carbocycles. The molecule has 0 spiro atoms. The molecule has 0 radical (unpaired) electrons. The summed E-state index contributed by atoms with van der Waals surface area (Å²) in [4.78, 5) is 24.4. The van der Waals surface area contributed by atoms with Gasteiger partial charge in [-0.2, -0.15) is 0 Å². The lowest BCUT2D eigenvalue weighted by molar-refractivity contribution is -0.138. The third kappa shape index (κ3) is 3.51. The zero-order valence-electron chi connectivity index (χ0n) is 9.16. The van der Waals surface area contributed by atoms with Gasteiger partial charge in [0.25, 0.3) is 0 Å². The monoisotopic (exact) mass is 213 g/mol. The Labute approximate surface area is 90.0 Å². The number of amides is 2. The van der Waals surface area contributed by atoms with Crippen molar-refractivity contribution >= 4 is 11.8 Å². The summed E-state index contributed by atoms with van der Waals surface area (Å²) in [5.74, 6) is 5.14. The smallest absolute Gasteiger partial charge is 0.233 e. The summed E-state index contributed by atoms with van der Waals surface area (Å²) in [5, 5.41) is 0. The van der Waals surface area contributed by atoms with Crippen molar-refractivity contribution in [3.05, 3.63) is 0 Å². The maximum absolute atomic E-state index is 11.7. The molecule has 1 fully saturated rings. The molecular formula is C10H19N3O2. The van der Waals surface area contributed by atoms with Gasteiger partial charge in [-0.1, -0.05) is 6.92 Å². The van der Waals surface area contributed by atoms with Gasteiger partial charge in [-0.15, -0.1) is 0 Å². The second-order valence-electron chi connectivity index (χ2n) is 4.04. The minimum Gasteiger partial charge on any atom is -0.342 e. The van der Waals surface area contributed by atoms with Gasteiger partial charge in [0.05, 0.1) is 0 Å². The number of hydrogen-bond acceptors (Lipinski definition) is 3. The molecule has 86 valence electrons. The summed E-state index contributed by atoms with van der Waals surface area (Å²) >= 11 is 0. The van der Waals surface area contributed by atoms with Crippen molar-refractivity contribution in [1.82, 2.24) is 10.3 Å². The summed E-state index contributed by atoms with van der Waals surface area (Å²) in [7, 11) is 0. The molecule has 0 bridgehead atoms. The average molecular weight is 213 g/mol. The molecule has 3 N–H and O–H groups in total. The average Bonchev–Trinajstić information content (AvgIpc) is 2.24. The lowest BCUT2D eigenvalue weighted by atomic mass is 9.99. The number of carbonyl (C=O) groups excluding carboxylic acids is 2. The van der Waals surface area contributed by atoms with Crippen LogP contribution in [0, 0.1) is 5.92 Å². The Morgan fingerprint density at radius 2 is 2.40 bits per heavy atom. The Hall–Kier alpha value is -1.10. The standard InChI is InChI=1S/C10H19N3O2/c1-8-4-2-6-13(10(8)15)7-3-5-9(14)12-11/h8H,2-7,11H2,1H3,(H,12,14). The summed E-state index contributed by atoms with van der Waals surface area (Å²) in [6.45, 7) is 3.45. The fraction of sp³-hybridized carbons (Fsp3) is 0.800. The normalized spacial score (nSPS) is 21.6. The molecule has 5 nitrogen and oxygen atoms in total. The van der Waals surface area contributed by atoms with Gasteiger partial charge in [-0.25, -0.2) is 5.84 Å². The number of carbonyl (C=O) groups is 2. The van der Waals surface area contributed by atoms with Crippen LogP contribution in [0.2, 0.25) is 0 Å². The zero-order chi connectivity index (χ0) is 11.3. The van der Waals surface area contributed by atoms with Crippen LogP contribution in [-0.4, -0.2) is 29.8 Å². The lowest BCUT2D eigenvalue weighted by Crippen LogP contribution is -2.41. The van der Waals surface area contributed by atoms with Crippen molar-refractivity contribution in [1.29, 1.82) is 0 Å². The van der Waals surface area contributed by atoms with E-state index in [9.17, 15) is 9.59 Å². The highest BCUT2D eigenvalue weighted by Crippen LogP contribution is 2.17. The van der Waals surface area contributed by atoms with E-state index in [2.05, 4.69) is 5.43 Å². The predicted octanol–water partition coefficient (Wildman–Crippen LogP) is 0.0150. The van der Waals surface area contributed by atoms with Crippen molar-refractivity contribution in [2.24, 2.45) is 11.8 Å². The van der Waals surface area contributed by atoms with Gasteiger partial charge in [-0.3, -0.25) is 15.0 Å². The molecule has 1 saturated heterocycles. The van der Waals surface area contributed by atoms with E-state index in [1.807, 2.05) is 11.8 Å². The largest absolute Gasteiger partial charge is 0.342 e. The van der Waals surface area contributed by atoms with E-state index in [0.717, 1.165) is 19.4 Å². The van der Waals surface area contributed by atoms with Crippen LogP contribution in [0.25, 0.3) is 0 Å². The van der Waals surface area contributed by atoms with Crippen molar-refractivity contribution in [3.8, 4) is 0 Å². The van der Waals surface area contributed by atoms with Gasteiger partial charge >= 0.3 is 0 Å². The molecule has 1 heterocycles. The highest BCUT2D eigenvalue weighted by molar-refractivity contribution is 5.79. The van der Waals surface area contributed by atoms with Gasteiger partial charge in [0, 0.05) is 25.4 Å². The molecule has 1 rings (SSSR count). The molecule has 1 aliphatic heterocycles. The van der Waals surface area contributed by atoms with E-state index < -0.39 is 0 Å². The Morgan fingerprint density at radius 3 is 3.07 bits per heavy atom. The number of likely N-dealkylation sites (tertiary alicyclic amines) is 1. The molecular weight excluding hydrogens is 194 g/mol. The first-order chi connectivity index (χ1) is 7.15. The Morgan fingerprint density at radius 1 is 1.67 bits per heavy atom. The van der Waals surface area contributed by atoms with Crippen molar-refractivity contribution in [2.75, 3.05) is 13.1 Å². The molecule has 0 aromatic rings. The number of piperidine rings is 1. The van der Waals surface area contributed by atoms with E-state index >= 15 is 0 Å². The predicted molar refractivity (Wildman–Crippen MR) is 56.5 cm³/mol. The zero-order valence-corrected chi connectivity index (χ0v) is 9.16. The molecule has 0 aromatic heterocycles. The summed E-state index contributed by atoms with van der Waals surface area (Å²) < 4.78 is 0. The van der Waals surface area contributed by atoms with E-state index in [0.29, 0.717) is 19.4 Å². The fourth-order valence-corrected chi connectivity index (χ4v) is 1.86. The minimum absolute atomic E-state index is 0.141. The number of hydrazine groups is 1. The van der Waals surface area contributed by atoms with Gasteiger partial charge in [-0.05, 0) is 19.3 Å². The molecule has 1 atom stereocenters. The fourth-order valence-electron chi connectivity index (χ4n) is 1.86. The molecule has 5 heteroatoms. The molecule has 1 aliphatic rings. The quantitative estimate of drug-likeness (QED) is 0.392. The Kier molecular flexibility index (Phi) is 4.55. The Balaban J connectivity index is 2.25. The first-order valence-electron chi connectivity index (χ1n) is 5.43. The second kappa shape index (κ2) is 5.70. The van der Waals surface area contributed by atoms with Crippen LogP contribution < -0.4 is 11.3 Å². The third-order valence-corrected chi connectivity index (χ3v) is 2.79. The van der Waals surface area contributed by atoms with Crippen LogP contribution in [0.3, 0.4) is 0 Å². The van der Waals surface area contributed by atoms with Gasteiger partial charge in [0.2, 0.25) is 11.8 Å². The van der Waals surface area contributed by atoms with Crippen LogP contribution >= 0.6 is 0 Å². The van der Waals surface area contributed by atoms with Gasteiger partial charge < -0.3 is 4.90 Å².